The topological polar surface area (TPSA) is 86.2 Å². The average Bonchev–Trinajstić information content (AvgIpc) is 3.53. The summed E-state index contributed by atoms with van der Waals surface area (Å²) in [6.45, 7) is 0. The zero-order chi connectivity index (χ0) is 25.3. The standard InChI is InChI=1S/C28H18N8Se2/c1-5-13-29-19(9-1)25-33-27(21-11-3-7-15-35(21)25)37-23-17-24(32-18-31-23)38-28-22-12-4-8-16-36(22)26(34-28)20-10-2-6-14-30-20/h1-18H. The number of aromatic nitrogens is 8. The van der Waals surface area contributed by atoms with E-state index < -0.39 is 0 Å². The molecule has 0 radical (unpaired) electrons. The Bertz CT molecular complexity index is 1750. The van der Waals surface area contributed by atoms with Crippen LogP contribution >= 0.6 is 0 Å². The van der Waals surface area contributed by atoms with Crippen LogP contribution in [0.5, 0.6) is 0 Å². The average molecular weight is 624 g/mol. The van der Waals surface area contributed by atoms with Crippen molar-refractivity contribution in [2.24, 2.45) is 0 Å². The van der Waals surface area contributed by atoms with Gasteiger partial charge in [-0.25, -0.2) is 0 Å². The summed E-state index contributed by atoms with van der Waals surface area (Å²) in [5.74, 6) is 1.67. The zero-order valence-corrected chi connectivity index (χ0v) is 23.2. The number of hydrogen-bond donors (Lipinski definition) is 0. The molecule has 0 bridgehead atoms. The molecule has 182 valence electrons. The molecule has 38 heavy (non-hydrogen) atoms. The Balaban J connectivity index is 1.23. The molecule has 0 aliphatic rings. The first kappa shape index (κ1) is 23.0. The second-order valence-electron chi connectivity index (χ2n) is 8.22. The van der Waals surface area contributed by atoms with E-state index in [1.165, 1.54) is 0 Å². The van der Waals surface area contributed by atoms with Gasteiger partial charge in [0.2, 0.25) is 0 Å². The molecule has 7 aromatic heterocycles. The van der Waals surface area contributed by atoms with E-state index in [0.29, 0.717) is 0 Å². The second kappa shape index (κ2) is 9.93. The molecule has 0 N–H and O–H groups in total. The van der Waals surface area contributed by atoms with Crippen LogP contribution in [0.15, 0.2) is 110 Å². The quantitative estimate of drug-likeness (QED) is 0.259. The van der Waals surface area contributed by atoms with E-state index >= 15 is 0 Å². The first-order chi connectivity index (χ1) is 18.8. The summed E-state index contributed by atoms with van der Waals surface area (Å²) >= 11 is -0.217. The number of hydrogen-bond acceptors (Lipinski definition) is 6. The van der Waals surface area contributed by atoms with Gasteiger partial charge in [0.15, 0.2) is 0 Å². The molecule has 0 amide bonds. The molecule has 0 atom stereocenters. The Morgan fingerprint density at radius 2 is 1.03 bits per heavy atom. The van der Waals surface area contributed by atoms with Gasteiger partial charge in [-0.05, 0) is 0 Å². The maximum absolute atomic E-state index is 5.00. The van der Waals surface area contributed by atoms with Crippen molar-refractivity contribution < 1.29 is 0 Å². The summed E-state index contributed by atoms with van der Waals surface area (Å²) < 4.78 is 8.19. The molecule has 0 fully saturated rings. The van der Waals surface area contributed by atoms with Crippen LogP contribution in [0.4, 0.5) is 0 Å². The fraction of sp³-hybridized carbons (Fsp3) is 0. The second-order valence-corrected chi connectivity index (χ2v) is 12.5. The maximum atomic E-state index is 5.00. The van der Waals surface area contributed by atoms with Crippen LogP contribution in [-0.2, 0) is 0 Å². The minimum absolute atomic E-state index is 0.108. The number of pyridine rings is 4. The number of fused-ring (bicyclic) bond motifs is 2. The Kier molecular flexibility index (Phi) is 6.00. The van der Waals surface area contributed by atoms with Crippen molar-refractivity contribution in [3.63, 3.8) is 0 Å². The molecule has 0 saturated carbocycles. The first-order valence-corrected chi connectivity index (χ1v) is 15.2. The number of rotatable bonds is 6. The summed E-state index contributed by atoms with van der Waals surface area (Å²) in [7, 11) is 0. The molecule has 0 aromatic carbocycles. The minimum atomic E-state index is -0.108. The van der Waals surface area contributed by atoms with Crippen molar-refractivity contribution >= 4 is 59.3 Å². The third-order valence-corrected chi connectivity index (χ3v) is 9.72. The summed E-state index contributed by atoms with van der Waals surface area (Å²) in [5, 5.41) is 0. The molecule has 0 saturated heterocycles. The fourth-order valence-electron chi connectivity index (χ4n) is 4.15. The predicted octanol–water partition coefficient (Wildman–Crippen LogP) is 1.21. The molecule has 0 unspecified atom stereocenters. The van der Waals surface area contributed by atoms with Crippen LogP contribution in [-0.4, -0.2) is 68.6 Å². The van der Waals surface area contributed by atoms with Gasteiger partial charge in [-0.1, -0.05) is 0 Å². The van der Waals surface area contributed by atoms with Gasteiger partial charge in [-0.15, -0.1) is 0 Å². The van der Waals surface area contributed by atoms with Gasteiger partial charge in [-0.3, -0.25) is 0 Å². The SMILES string of the molecule is c1ccc(-c2nc([Se]c3cc([Se]c4nc(-c5ccccn5)n5ccccc45)ncn3)c3ccccn23)nc1. The summed E-state index contributed by atoms with van der Waals surface area (Å²) in [4.78, 5) is 28.2. The van der Waals surface area contributed by atoms with Gasteiger partial charge in [0.25, 0.3) is 0 Å². The number of nitrogens with zero attached hydrogens (tertiary/aromatic N) is 8. The molecule has 7 rings (SSSR count). The van der Waals surface area contributed by atoms with Crippen molar-refractivity contribution in [2.75, 3.05) is 0 Å². The van der Waals surface area contributed by atoms with E-state index in [4.69, 9.17) is 9.97 Å². The molecule has 0 aliphatic carbocycles. The molecule has 0 aliphatic heterocycles. The first-order valence-electron chi connectivity index (χ1n) is 11.8. The van der Waals surface area contributed by atoms with E-state index in [-0.39, 0.29) is 29.9 Å². The Morgan fingerprint density at radius 1 is 0.526 bits per heavy atom. The molecule has 7 heterocycles. The molecule has 0 spiro atoms. The molecular weight excluding hydrogens is 606 g/mol. The van der Waals surface area contributed by atoms with Crippen molar-refractivity contribution in [1.82, 2.24) is 38.7 Å². The van der Waals surface area contributed by atoms with Crippen LogP contribution in [0.3, 0.4) is 0 Å². The van der Waals surface area contributed by atoms with Gasteiger partial charge in [0, 0.05) is 0 Å². The Morgan fingerprint density at radius 3 is 1.50 bits per heavy atom. The Hall–Kier alpha value is -4.20. The van der Waals surface area contributed by atoms with Gasteiger partial charge in [0.05, 0.1) is 0 Å². The van der Waals surface area contributed by atoms with Crippen molar-refractivity contribution in [3.8, 4) is 23.0 Å². The Labute approximate surface area is 230 Å². The fourth-order valence-corrected chi connectivity index (χ4v) is 8.19. The third-order valence-electron chi connectivity index (χ3n) is 5.84. The van der Waals surface area contributed by atoms with Gasteiger partial charge >= 0.3 is 231 Å². The van der Waals surface area contributed by atoms with Crippen LogP contribution in [0.25, 0.3) is 34.1 Å². The molecule has 7 aromatic rings. The van der Waals surface area contributed by atoms with Crippen LogP contribution in [0.1, 0.15) is 0 Å². The third kappa shape index (κ3) is 4.30. The van der Waals surface area contributed by atoms with E-state index in [2.05, 4.69) is 46.9 Å². The van der Waals surface area contributed by atoms with Crippen LogP contribution in [0.2, 0.25) is 0 Å². The van der Waals surface area contributed by atoms with E-state index in [9.17, 15) is 0 Å². The van der Waals surface area contributed by atoms with Gasteiger partial charge < -0.3 is 0 Å². The van der Waals surface area contributed by atoms with Gasteiger partial charge in [-0.2, -0.15) is 0 Å². The molecular formula is C28H18N8Se2. The zero-order valence-electron chi connectivity index (χ0n) is 19.8. The summed E-state index contributed by atoms with van der Waals surface area (Å²) in [6.07, 6.45) is 9.31. The molecule has 10 heteroatoms. The monoisotopic (exact) mass is 626 g/mol. The van der Waals surface area contributed by atoms with E-state index in [0.717, 1.165) is 52.4 Å². The predicted molar refractivity (Wildman–Crippen MR) is 149 cm³/mol. The van der Waals surface area contributed by atoms with Gasteiger partial charge in [0.1, 0.15) is 0 Å². The molecule has 8 nitrogen and oxygen atoms in total. The van der Waals surface area contributed by atoms with Crippen molar-refractivity contribution in [2.45, 2.75) is 0 Å². The van der Waals surface area contributed by atoms with Crippen molar-refractivity contribution in [1.29, 1.82) is 0 Å². The van der Waals surface area contributed by atoms with E-state index in [1.54, 1.807) is 18.7 Å². The van der Waals surface area contributed by atoms with Crippen LogP contribution in [0, 0.1) is 0 Å². The summed E-state index contributed by atoms with van der Waals surface area (Å²) in [5.41, 5.74) is 3.83. The van der Waals surface area contributed by atoms with Crippen LogP contribution < -0.4 is 18.4 Å². The summed E-state index contributed by atoms with van der Waals surface area (Å²) in [6, 6.07) is 26.1. The van der Waals surface area contributed by atoms with E-state index in [1.807, 2.05) is 73.1 Å². The normalized spacial score (nSPS) is 11.4. The van der Waals surface area contributed by atoms with Crippen molar-refractivity contribution in [3.05, 3.63) is 110 Å². The number of imidazole rings is 2.